The summed E-state index contributed by atoms with van der Waals surface area (Å²) < 4.78 is 34.5. The van der Waals surface area contributed by atoms with Crippen LogP contribution in [-0.4, -0.2) is 38.3 Å². The van der Waals surface area contributed by atoms with Crippen LogP contribution in [0, 0.1) is 5.82 Å². The number of nitrogens with one attached hydrogen (secondary N) is 1. The number of carbonyl (C=O) groups is 2. The fraction of sp³-hybridized carbons (Fsp3) is 0.263. The molecule has 2 aromatic carbocycles. The van der Waals surface area contributed by atoms with E-state index in [1.807, 2.05) is 0 Å². The molecule has 0 bridgehead atoms. The third-order valence-electron chi connectivity index (χ3n) is 3.91. The van der Waals surface area contributed by atoms with E-state index in [-0.39, 0.29) is 16.3 Å². The summed E-state index contributed by atoms with van der Waals surface area (Å²) in [7, 11) is 1.44. The maximum absolute atomic E-state index is 13.1. The van der Waals surface area contributed by atoms with Crippen molar-refractivity contribution < 1.29 is 32.9 Å². The smallest absolute Gasteiger partial charge is 0.339 e. The third-order valence-corrected chi connectivity index (χ3v) is 4.22. The van der Waals surface area contributed by atoms with Crippen molar-refractivity contribution in [1.82, 2.24) is 0 Å². The number of methoxy groups -OCH3 is 1. The highest BCUT2D eigenvalue weighted by molar-refractivity contribution is 6.33. The van der Waals surface area contributed by atoms with E-state index in [1.54, 1.807) is 0 Å². The SMILES string of the molecule is COc1cc(C(=O)O[C@@H](C)C(=O)Nc2ccc(F)cc2Cl)cc2c1OCCO2. The van der Waals surface area contributed by atoms with E-state index in [4.69, 9.17) is 30.5 Å². The topological polar surface area (TPSA) is 83.1 Å². The second-order valence-corrected chi connectivity index (χ2v) is 6.27. The van der Waals surface area contributed by atoms with Crippen LogP contribution in [0.25, 0.3) is 0 Å². The highest BCUT2D eigenvalue weighted by Gasteiger charge is 2.24. The van der Waals surface area contributed by atoms with Crippen LogP contribution in [0.3, 0.4) is 0 Å². The van der Waals surface area contributed by atoms with Gasteiger partial charge in [0.25, 0.3) is 5.91 Å². The largest absolute Gasteiger partial charge is 0.493 e. The Bertz CT molecular complexity index is 902. The molecule has 1 aliphatic rings. The molecule has 7 nitrogen and oxygen atoms in total. The van der Waals surface area contributed by atoms with E-state index < -0.39 is 23.8 Å². The maximum atomic E-state index is 13.1. The van der Waals surface area contributed by atoms with Gasteiger partial charge >= 0.3 is 5.97 Å². The molecule has 1 amide bonds. The van der Waals surface area contributed by atoms with Crippen LogP contribution in [-0.2, 0) is 9.53 Å². The number of esters is 1. The minimum atomic E-state index is -1.13. The molecule has 1 heterocycles. The zero-order valence-electron chi connectivity index (χ0n) is 15.1. The van der Waals surface area contributed by atoms with Gasteiger partial charge in [0.1, 0.15) is 19.0 Å². The number of hydrogen-bond donors (Lipinski definition) is 1. The minimum Gasteiger partial charge on any atom is -0.493 e. The minimum absolute atomic E-state index is 0.0310. The molecule has 28 heavy (non-hydrogen) atoms. The van der Waals surface area contributed by atoms with Gasteiger partial charge in [-0.1, -0.05) is 11.6 Å². The Labute approximate surface area is 165 Å². The van der Waals surface area contributed by atoms with Crippen molar-refractivity contribution in [2.45, 2.75) is 13.0 Å². The number of halogens is 2. The standard InChI is InChI=1S/C19H17ClFNO6/c1-10(18(23)22-14-4-3-12(21)9-13(14)20)28-19(24)11-7-15(25-2)17-16(8-11)26-5-6-27-17/h3-4,7-10H,5-6H2,1-2H3,(H,22,23)/t10-/m0/s1. The number of fused-ring (bicyclic) bond motifs is 1. The van der Waals surface area contributed by atoms with Crippen LogP contribution in [0.1, 0.15) is 17.3 Å². The second kappa shape index (κ2) is 8.35. The molecule has 1 aliphatic heterocycles. The van der Waals surface area contributed by atoms with Gasteiger partial charge in [-0.25, -0.2) is 9.18 Å². The van der Waals surface area contributed by atoms with Gasteiger partial charge in [0.15, 0.2) is 17.6 Å². The first-order valence-corrected chi connectivity index (χ1v) is 8.71. The summed E-state index contributed by atoms with van der Waals surface area (Å²) in [6.45, 7) is 2.11. The molecule has 1 atom stereocenters. The van der Waals surface area contributed by atoms with Gasteiger partial charge in [-0.05, 0) is 37.3 Å². The van der Waals surface area contributed by atoms with Gasteiger partial charge in [-0.15, -0.1) is 0 Å². The fourth-order valence-corrected chi connectivity index (χ4v) is 2.71. The number of hydrogen-bond acceptors (Lipinski definition) is 6. The van der Waals surface area contributed by atoms with E-state index in [0.717, 1.165) is 12.1 Å². The summed E-state index contributed by atoms with van der Waals surface area (Å²) in [6.07, 6.45) is -1.13. The molecule has 0 unspecified atom stereocenters. The average molecular weight is 410 g/mol. The van der Waals surface area contributed by atoms with Gasteiger partial charge < -0.3 is 24.3 Å². The number of ether oxygens (including phenoxy) is 4. The van der Waals surface area contributed by atoms with Crippen molar-refractivity contribution >= 4 is 29.2 Å². The lowest BCUT2D eigenvalue weighted by Crippen LogP contribution is -2.30. The van der Waals surface area contributed by atoms with E-state index in [2.05, 4.69) is 5.32 Å². The summed E-state index contributed by atoms with van der Waals surface area (Å²) in [5.41, 5.74) is 0.345. The number of amides is 1. The van der Waals surface area contributed by atoms with E-state index in [1.165, 1.54) is 32.2 Å². The third kappa shape index (κ3) is 4.28. The molecule has 0 spiro atoms. The summed E-state index contributed by atoms with van der Waals surface area (Å²) in [6, 6.07) is 6.43. The van der Waals surface area contributed by atoms with E-state index in [0.29, 0.717) is 30.5 Å². The predicted molar refractivity (Wildman–Crippen MR) is 98.9 cm³/mol. The molecular formula is C19H17ClFNO6. The Balaban J connectivity index is 1.70. The summed E-state index contributed by atoms with van der Waals surface area (Å²) in [4.78, 5) is 24.7. The van der Waals surface area contributed by atoms with Crippen molar-refractivity contribution in [1.29, 1.82) is 0 Å². The Morgan fingerprint density at radius 3 is 2.68 bits per heavy atom. The van der Waals surface area contributed by atoms with Crippen LogP contribution in [0.15, 0.2) is 30.3 Å². The molecule has 0 radical (unpaired) electrons. The zero-order valence-corrected chi connectivity index (χ0v) is 15.8. The van der Waals surface area contributed by atoms with Crippen LogP contribution < -0.4 is 19.5 Å². The predicted octanol–water partition coefficient (Wildman–Crippen LogP) is 3.44. The molecule has 0 aromatic heterocycles. The van der Waals surface area contributed by atoms with Gasteiger partial charge in [-0.3, -0.25) is 4.79 Å². The summed E-state index contributed by atoms with van der Waals surface area (Å²) >= 11 is 5.88. The molecule has 3 rings (SSSR count). The number of benzene rings is 2. The lowest BCUT2D eigenvalue weighted by atomic mass is 10.1. The first-order valence-electron chi connectivity index (χ1n) is 8.33. The molecule has 0 saturated heterocycles. The molecule has 0 saturated carbocycles. The summed E-state index contributed by atoms with van der Waals surface area (Å²) in [5.74, 6) is -0.821. The van der Waals surface area contributed by atoms with Crippen molar-refractivity contribution in [3.63, 3.8) is 0 Å². The Morgan fingerprint density at radius 1 is 1.21 bits per heavy atom. The monoisotopic (exact) mass is 409 g/mol. The lowest BCUT2D eigenvalue weighted by molar-refractivity contribution is -0.123. The Hall–Kier alpha value is -3.00. The van der Waals surface area contributed by atoms with Crippen molar-refractivity contribution in [2.75, 3.05) is 25.6 Å². The average Bonchev–Trinajstić information content (AvgIpc) is 2.68. The number of anilines is 1. The van der Waals surface area contributed by atoms with Crippen LogP contribution in [0.2, 0.25) is 5.02 Å². The molecule has 148 valence electrons. The highest BCUT2D eigenvalue weighted by Crippen LogP contribution is 2.40. The molecule has 0 fully saturated rings. The number of carbonyl (C=O) groups excluding carboxylic acids is 2. The van der Waals surface area contributed by atoms with Gasteiger partial charge in [-0.2, -0.15) is 0 Å². The van der Waals surface area contributed by atoms with Crippen molar-refractivity contribution in [3.05, 3.63) is 46.7 Å². The molecule has 1 N–H and O–H groups in total. The first-order chi connectivity index (χ1) is 13.4. The molecule has 2 aromatic rings. The summed E-state index contributed by atoms with van der Waals surface area (Å²) in [5, 5.41) is 2.51. The van der Waals surface area contributed by atoms with E-state index >= 15 is 0 Å². The van der Waals surface area contributed by atoms with Crippen LogP contribution in [0.4, 0.5) is 10.1 Å². The quantitative estimate of drug-likeness (QED) is 0.762. The fourth-order valence-electron chi connectivity index (χ4n) is 2.50. The van der Waals surface area contributed by atoms with Crippen LogP contribution in [0.5, 0.6) is 17.2 Å². The second-order valence-electron chi connectivity index (χ2n) is 5.86. The first kappa shape index (κ1) is 19.8. The normalized spacial score (nSPS) is 13.4. The van der Waals surface area contributed by atoms with Crippen molar-refractivity contribution in [2.24, 2.45) is 0 Å². The zero-order chi connectivity index (χ0) is 20.3. The molecule has 0 aliphatic carbocycles. The van der Waals surface area contributed by atoms with Gasteiger partial charge in [0.2, 0.25) is 5.75 Å². The van der Waals surface area contributed by atoms with E-state index in [9.17, 15) is 14.0 Å². The molecular weight excluding hydrogens is 393 g/mol. The Morgan fingerprint density at radius 2 is 1.96 bits per heavy atom. The van der Waals surface area contributed by atoms with Gasteiger partial charge in [0.05, 0.1) is 23.4 Å². The van der Waals surface area contributed by atoms with Gasteiger partial charge in [0, 0.05) is 0 Å². The molecule has 9 heteroatoms. The Kier molecular flexibility index (Phi) is 5.89. The maximum Gasteiger partial charge on any atom is 0.339 e. The van der Waals surface area contributed by atoms with Crippen LogP contribution >= 0.6 is 11.6 Å². The highest BCUT2D eigenvalue weighted by atomic mass is 35.5. The van der Waals surface area contributed by atoms with Crippen molar-refractivity contribution in [3.8, 4) is 17.2 Å². The number of rotatable bonds is 5. The lowest BCUT2D eigenvalue weighted by Gasteiger charge is -2.21.